The molecule has 1 saturated carbocycles. The maximum atomic E-state index is 11.4. The highest BCUT2D eigenvalue weighted by atomic mass is 16.5. The molecule has 0 aromatic heterocycles. The van der Waals surface area contributed by atoms with Crippen LogP contribution in [0, 0.1) is 11.8 Å². The lowest BCUT2D eigenvalue weighted by molar-refractivity contribution is -0.154. The molecule has 1 aliphatic rings. The summed E-state index contributed by atoms with van der Waals surface area (Å²) in [5, 5.41) is 0. The van der Waals surface area contributed by atoms with Crippen molar-refractivity contribution >= 4 is 11.8 Å². The van der Waals surface area contributed by atoms with Gasteiger partial charge in [-0.05, 0) is 25.7 Å². The van der Waals surface area contributed by atoms with Gasteiger partial charge in [0.15, 0.2) is 0 Å². The minimum atomic E-state index is -0.492. The van der Waals surface area contributed by atoms with Crippen LogP contribution in [0.4, 0.5) is 0 Å². The van der Waals surface area contributed by atoms with E-state index in [-0.39, 0.29) is 17.7 Å². The first-order valence-corrected chi connectivity index (χ1v) is 4.86. The van der Waals surface area contributed by atoms with Crippen molar-refractivity contribution in [3.05, 3.63) is 0 Å². The Morgan fingerprint density at radius 2 is 2.31 bits per heavy atom. The van der Waals surface area contributed by atoms with Crippen LogP contribution in [0.3, 0.4) is 0 Å². The number of Topliss-reactive ketones (excluding diaryl/α,β-unsaturated/α-hetero) is 1. The van der Waals surface area contributed by atoms with Gasteiger partial charge in [-0.25, -0.2) is 0 Å². The average Bonchev–Trinajstić information content (AvgIpc) is 2.04. The molecule has 0 aliphatic heterocycles. The lowest BCUT2D eigenvalue weighted by Gasteiger charge is -2.25. The highest BCUT2D eigenvalue weighted by Gasteiger charge is 2.35. The number of hydrogen-bond donors (Lipinski definition) is 0. The summed E-state index contributed by atoms with van der Waals surface area (Å²) in [6, 6.07) is 0. The molecular weight excluding hydrogens is 168 g/mol. The van der Waals surface area contributed by atoms with Crippen LogP contribution in [0.25, 0.3) is 0 Å². The minimum absolute atomic E-state index is 0.0530. The molecule has 2 atom stereocenters. The van der Waals surface area contributed by atoms with Crippen molar-refractivity contribution in [2.24, 2.45) is 11.8 Å². The van der Waals surface area contributed by atoms with E-state index in [1.54, 1.807) is 6.92 Å². The van der Waals surface area contributed by atoms with Gasteiger partial charge in [0, 0.05) is 6.42 Å². The molecule has 0 spiro atoms. The molecule has 1 fully saturated rings. The molecule has 13 heavy (non-hydrogen) atoms. The zero-order valence-electron chi connectivity index (χ0n) is 8.21. The summed E-state index contributed by atoms with van der Waals surface area (Å²) in [5.74, 6) is -0.620. The van der Waals surface area contributed by atoms with Crippen molar-refractivity contribution in [2.45, 2.75) is 33.1 Å². The summed E-state index contributed by atoms with van der Waals surface area (Å²) >= 11 is 0. The van der Waals surface area contributed by atoms with Crippen molar-refractivity contribution in [3.63, 3.8) is 0 Å². The number of ketones is 1. The lowest BCUT2D eigenvalue weighted by Crippen LogP contribution is -2.34. The van der Waals surface area contributed by atoms with Gasteiger partial charge in [-0.1, -0.05) is 6.92 Å². The molecule has 0 aromatic rings. The van der Waals surface area contributed by atoms with Crippen LogP contribution < -0.4 is 0 Å². The number of rotatable bonds is 2. The van der Waals surface area contributed by atoms with E-state index < -0.39 is 5.92 Å². The van der Waals surface area contributed by atoms with Gasteiger partial charge in [-0.15, -0.1) is 0 Å². The van der Waals surface area contributed by atoms with Gasteiger partial charge in [-0.2, -0.15) is 0 Å². The fourth-order valence-electron chi connectivity index (χ4n) is 1.83. The zero-order valence-corrected chi connectivity index (χ0v) is 8.21. The molecule has 0 N–H and O–H groups in total. The molecular formula is C10H16O3. The summed E-state index contributed by atoms with van der Waals surface area (Å²) in [7, 11) is 0. The van der Waals surface area contributed by atoms with Gasteiger partial charge < -0.3 is 4.74 Å². The molecule has 0 radical (unpaired) electrons. The van der Waals surface area contributed by atoms with Crippen molar-refractivity contribution in [1.29, 1.82) is 0 Å². The first-order chi connectivity index (χ1) is 6.16. The van der Waals surface area contributed by atoms with Crippen molar-refractivity contribution < 1.29 is 14.3 Å². The van der Waals surface area contributed by atoms with Crippen LogP contribution in [0.5, 0.6) is 0 Å². The Hall–Kier alpha value is -0.860. The summed E-state index contributed by atoms with van der Waals surface area (Å²) in [6.45, 7) is 4.06. The predicted octanol–water partition coefficient (Wildman–Crippen LogP) is 1.55. The molecule has 0 bridgehead atoms. The van der Waals surface area contributed by atoms with Gasteiger partial charge in [0.05, 0.1) is 6.61 Å². The van der Waals surface area contributed by atoms with E-state index in [9.17, 15) is 9.59 Å². The summed E-state index contributed by atoms with van der Waals surface area (Å²) in [4.78, 5) is 22.8. The number of carbonyl (C=O) groups excluding carboxylic acids is 2. The van der Waals surface area contributed by atoms with Gasteiger partial charge in [0.2, 0.25) is 0 Å². The normalized spacial score (nSPS) is 28.6. The smallest absolute Gasteiger partial charge is 0.316 e. The summed E-state index contributed by atoms with van der Waals surface area (Å²) in [6.07, 6.45) is 2.40. The maximum Gasteiger partial charge on any atom is 0.316 e. The van der Waals surface area contributed by atoms with E-state index in [1.165, 1.54) is 0 Å². The largest absolute Gasteiger partial charge is 0.465 e. The highest BCUT2D eigenvalue weighted by Crippen LogP contribution is 2.27. The molecule has 0 aromatic carbocycles. The Labute approximate surface area is 78.5 Å². The van der Waals surface area contributed by atoms with E-state index in [0.29, 0.717) is 13.0 Å². The van der Waals surface area contributed by atoms with Crippen LogP contribution >= 0.6 is 0 Å². The van der Waals surface area contributed by atoms with Crippen LogP contribution in [-0.4, -0.2) is 18.4 Å². The first kappa shape index (κ1) is 10.2. The second kappa shape index (κ2) is 4.40. The molecule has 3 nitrogen and oxygen atoms in total. The van der Waals surface area contributed by atoms with E-state index >= 15 is 0 Å². The molecule has 0 amide bonds. The third-order valence-corrected chi connectivity index (χ3v) is 2.54. The molecule has 1 rings (SSSR count). The quantitative estimate of drug-likeness (QED) is 0.483. The van der Waals surface area contributed by atoms with E-state index in [4.69, 9.17) is 4.74 Å². The van der Waals surface area contributed by atoms with E-state index in [0.717, 1.165) is 12.8 Å². The van der Waals surface area contributed by atoms with Gasteiger partial charge in [-0.3, -0.25) is 9.59 Å². The molecule has 2 unspecified atom stereocenters. The van der Waals surface area contributed by atoms with Crippen molar-refractivity contribution in [3.8, 4) is 0 Å². The van der Waals surface area contributed by atoms with Crippen LogP contribution in [0.2, 0.25) is 0 Å². The lowest BCUT2D eigenvalue weighted by atomic mass is 9.79. The third-order valence-electron chi connectivity index (χ3n) is 2.54. The fraction of sp³-hybridized carbons (Fsp3) is 0.800. The number of ether oxygens (including phenoxy) is 1. The van der Waals surface area contributed by atoms with Gasteiger partial charge >= 0.3 is 5.97 Å². The second-order valence-corrected chi connectivity index (χ2v) is 3.57. The van der Waals surface area contributed by atoms with Crippen molar-refractivity contribution in [2.75, 3.05) is 6.61 Å². The highest BCUT2D eigenvalue weighted by molar-refractivity contribution is 5.99. The number of esters is 1. The predicted molar refractivity (Wildman–Crippen MR) is 48.1 cm³/mol. The Kier molecular flexibility index (Phi) is 3.46. The first-order valence-electron chi connectivity index (χ1n) is 4.86. The Bertz CT molecular complexity index is 210. The number of hydrogen-bond acceptors (Lipinski definition) is 3. The summed E-state index contributed by atoms with van der Waals surface area (Å²) in [5.41, 5.74) is 0. The standard InChI is InChI=1S/C10H16O3/c1-3-13-10(12)9-7(2)5-4-6-8(9)11/h7,9H,3-6H2,1-2H3. The molecule has 1 aliphatic carbocycles. The minimum Gasteiger partial charge on any atom is -0.465 e. The second-order valence-electron chi connectivity index (χ2n) is 3.57. The average molecular weight is 184 g/mol. The zero-order chi connectivity index (χ0) is 9.84. The Morgan fingerprint density at radius 3 is 2.85 bits per heavy atom. The summed E-state index contributed by atoms with van der Waals surface area (Å²) < 4.78 is 4.86. The van der Waals surface area contributed by atoms with Gasteiger partial charge in [0.25, 0.3) is 0 Å². The van der Waals surface area contributed by atoms with Crippen LogP contribution in [0.15, 0.2) is 0 Å². The van der Waals surface area contributed by atoms with E-state index in [1.807, 2.05) is 6.92 Å². The molecule has 0 saturated heterocycles. The number of carbonyl (C=O) groups is 2. The molecule has 3 heteroatoms. The fourth-order valence-corrected chi connectivity index (χ4v) is 1.83. The maximum absolute atomic E-state index is 11.4. The van der Waals surface area contributed by atoms with E-state index in [2.05, 4.69) is 0 Å². The topological polar surface area (TPSA) is 43.4 Å². The Balaban J connectivity index is 2.62. The third kappa shape index (κ3) is 2.29. The van der Waals surface area contributed by atoms with Crippen LogP contribution in [-0.2, 0) is 14.3 Å². The van der Waals surface area contributed by atoms with Gasteiger partial charge in [0.1, 0.15) is 11.7 Å². The van der Waals surface area contributed by atoms with Crippen LogP contribution in [0.1, 0.15) is 33.1 Å². The SMILES string of the molecule is CCOC(=O)C1C(=O)CCCC1C. The Morgan fingerprint density at radius 1 is 1.62 bits per heavy atom. The monoisotopic (exact) mass is 184 g/mol. The molecule has 74 valence electrons. The molecule has 0 heterocycles. The van der Waals surface area contributed by atoms with Crippen molar-refractivity contribution in [1.82, 2.24) is 0 Å².